The molecule has 1 amide bonds. The Labute approximate surface area is 201 Å². The van der Waals surface area contributed by atoms with E-state index < -0.39 is 0 Å². The van der Waals surface area contributed by atoms with Crippen LogP contribution in [0.4, 0.5) is 0 Å². The summed E-state index contributed by atoms with van der Waals surface area (Å²) in [5.74, 6) is 1.37. The number of nitrogens with zero attached hydrogens (tertiary/aromatic N) is 1. The largest absolute Gasteiger partial charge is 0.497 e. The number of ether oxygens (including phenoxy) is 2. The van der Waals surface area contributed by atoms with Crippen LogP contribution in [0.5, 0.6) is 11.5 Å². The van der Waals surface area contributed by atoms with Crippen LogP contribution in [0.3, 0.4) is 0 Å². The average Bonchev–Trinajstić information content (AvgIpc) is 3.20. The first-order chi connectivity index (χ1) is 16.0. The average molecular weight is 481 g/mol. The summed E-state index contributed by atoms with van der Waals surface area (Å²) in [6, 6.07) is 18.3. The number of aromatic amines is 1. The first kappa shape index (κ1) is 21.7. The fourth-order valence-electron chi connectivity index (χ4n) is 4.67. The second kappa shape index (κ2) is 8.65. The highest BCUT2D eigenvalue weighted by molar-refractivity contribution is 6.35. The van der Waals surface area contributed by atoms with Crippen molar-refractivity contribution < 1.29 is 14.3 Å². The van der Waals surface area contributed by atoms with Crippen LogP contribution in [-0.4, -0.2) is 36.6 Å². The number of rotatable bonds is 4. The summed E-state index contributed by atoms with van der Waals surface area (Å²) in [7, 11) is 3.30. The number of hydrogen-bond donors (Lipinski definition) is 1. The van der Waals surface area contributed by atoms with Crippen molar-refractivity contribution in [2.24, 2.45) is 0 Å². The molecule has 1 aliphatic heterocycles. The van der Waals surface area contributed by atoms with Crippen molar-refractivity contribution >= 4 is 40.0 Å². The lowest BCUT2D eigenvalue weighted by molar-refractivity contribution is 0.0690. The highest BCUT2D eigenvalue weighted by Gasteiger charge is 2.36. The summed E-state index contributed by atoms with van der Waals surface area (Å²) >= 11 is 12.4. The Balaban J connectivity index is 1.70. The molecule has 7 heteroatoms. The van der Waals surface area contributed by atoms with Crippen LogP contribution in [0.25, 0.3) is 10.9 Å². The van der Waals surface area contributed by atoms with Crippen molar-refractivity contribution in [2.45, 2.75) is 12.5 Å². The third-order valence-electron chi connectivity index (χ3n) is 6.14. The highest BCUT2D eigenvalue weighted by atomic mass is 35.5. The van der Waals surface area contributed by atoms with Gasteiger partial charge in [0.1, 0.15) is 17.5 Å². The topological polar surface area (TPSA) is 54.6 Å². The normalized spacial score (nSPS) is 15.4. The number of hydrogen-bond acceptors (Lipinski definition) is 3. The molecule has 1 aromatic heterocycles. The number of amides is 1. The predicted molar refractivity (Wildman–Crippen MR) is 131 cm³/mol. The van der Waals surface area contributed by atoms with Gasteiger partial charge >= 0.3 is 0 Å². The number of carbonyl (C=O) groups excluding carboxylic acids is 1. The van der Waals surface area contributed by atoms with E-state index in [1.807, 2.05) is 47.4 Å². The van der Waals surface area contributed by atoms with E-state index in [9.17, 15) is 4.79 Å². The third kappa shape index (κ3) is 3.81. The fraction of sp³-hybridized carbons (Fsp3) is 0.192. The summed E-state index contributed by atoms with van der Waals surface area (Å²) < 4.78 is 11.1. The van der Waals surface area contributed by atoms with Gasteiger partial charge in [0.2, 0.25) is 0 Å². The summed E-state index contributed by atoms with van der Waals surface area (Å²) in [4.78, 5) is 19.2. The molecule has 5 nitrogen and oxygen atoms in total. The molecule has 3 aromatic carbocycles. The quantitative estimate of drug-likeness (QED) is 0.373. The van der Waals surface area contributed by atoms with Gasteiger partial charge in [0.15, 0.2) is 0 Å². The summed E-state index contributed by atoms with van der Waals surface area (Å²) in [6.07, 6.45) is 0.703. The second-order valence-corrected chi connectivity index (χ2v) is 8.85. The first-order valence-corrected chi connectivity index (χ1v) is 11.3. The van der Waals surface area contributed by atoms with Crippen molar-refractivity contribution in [3.8, 4) is 11.5 Å². The number of aromatic nitrogens is 1. The molecule has 4 aromatic rings. The van der Waals surface area contributed by atoms with Crippen molar-refractivity contribution in [3.63, 3.8) is 0 Å². The minimum Gasteiger partial charge on any atom is -0.497 e. The van der Waals surface area contributed by atoms with Crippen molar-refractivity contribution in [3.05, 3.63) is 93.1 Å². The molecule has 168 valence electrons. The molecule has 0 fully saturated rings. The van der Waals surface area contributed by atoms with E-state index >= 15 is 0 Å². The van der Waals surface area contributed by atoms with Gasteiger partial charge < -0.3 is 19.4 Å². The molecule has 0 aliphatic carbocycles. The summed E-state index contributed by atoms with van der Waals surface area (Å²) in [5.41, 5.74) is 4.50. The van der Waals surface area contributed by atoms with Crippen LogP contribution >= 0.6 is 23.2 Å². The molecule has 1 N–H and O–H groups in total. The number of carbonyl (C=O) groups is 1. The first-order valence-electron chi connectivity index (χ1n) is 10.6. The van der Waals surface area contributed by atoms with Gasteiger partial charge in [-0.1, -0.05) is 41.4 Å². The van der Waals surface area contributed by atoms with Crippen LogP contribution in [0, 0.1) is 0 Å². The maximum atomic E-state index is 13.7. The molecular formula is C26H22Cl2N2O3. The lowest BCUT2D eigenvalue weighted by Gasteiger charge is -2.37. The zero-order valence-corrected chi connectivity index (χ0v) is 19.7. The Hall–Kier alpha value is -3.15. The standard InChI is InChI=1S/C26H22Cl2N2O3/c1-32-18-7-8-22-21(14-18)19-9-10-30(26(31)15-11-16(27)13-17(28)12-15)25(24(19)29-22)20-5-3-4-6-23(20)33-2/h3-8,11-14,25,29H,9-10H2,1-2H3/t25-/m0/s1. The smallest absolute Gasteiger partial charge is 0.254 e. The summed E-state index contributed by atoms with van der Waals surface area (Å²) in [5, 5.41) is 1.95. The van der Waals surface area contributed by atoms with Gasteiger partial charge in [-0.25, -0.2) is 0 Å². The molecule has 1 atom stereocenters. The molecule has 0 spiro atoms. The maximum Gasteiger partial charge on any atom is 0.254 e. The Morgan fingerprint density at radius 2 is 1.76 bits per heavy atom. The SMILES string of the molecule is COc1ccc2[nH]c3c(c2c1)CCN(C(=O)c1cc(Cl)cc(Cl)c1)[C@H]3c1ccccc1OC. The molecule has 0 saturated heterocycles. The van der Waals surface area contributed by atoms with Crippen LogP contribution in [0.1, 0.15) is 33.2 Å². The Bertz CT molecular complexity index is 1340. The van der Waals surface area contributed by atoms with Gasteiger partial charge in [0.25, 0.3) is 5.91 Å². The lowest BCUT2D eigenvalue weighted by Crippen LogP contribution is -2.40. The number of halogens is 2. The van der Waals surface area contributed by atoms with Gasteiger partial charge in [-0.2, -0.15) is 0 Å². The van der Waals surface area contributed by atoms with E-state index in [1.165, 1.54) is 5.56 Å². The Morgan fingerprint density at radius 1 is 1.00 bits per heavy atom. The van der Waals surface area contributed by atoms with E-state index in [2.05, 4.69) is 4.98 Å². The number of H-pyrrole nitrogens is 1. The molecule has 33 heavy (non-hydrogen) atoms. The molecule has 2 heterocycles. The number of para-hydroxylation sites is 1. The van der Waals surface area contributed by atoms with Crippen molar-refractivity contribution in [1.82, 2.24) is 9.88 Å². The minimum absolute atomic E-state index is 0.141. The van der Waals surface area contributed by atoms with Crippen molar-refractivity contribution in [2.75, 3.05) is 20.8 Å². The van der Waals surface area contributed by atoms with E-state index in [0.717, 1.165) is 27.9 Å². The zero-order chi connectivity index (χ0) is 23.1. The van der Waals surface area contributed by atoms with Gasteiger partial charge in [0, 0.05) is 44.3 Å². The lowest BCUT2D eigenvalue weighted by atomic mass is 9.91. The molecule has 0 radical (unpaired) electrons. The molecule has 1 aliphatic rings. The minimum atomic E-state index is -0.367. The van der Waals surface area contributed by atoms with Crippen LogP contribution in [-0.2, 0) is 6.42 Å². The molecule has 0 saturated carbocycles. The third-order valence-corrected chi connectivity index (χ3v) is 6.57. The van der Waals surface area contributed by atoms with E-state index in [4.69, 9.17) is 32.7 Å². The van der Waals surface area contributed by atoms with Crippen LogP contribution in [0.15, 0.2) is 60.7 Å². The monoisotopic (exact) mass is 480 g/mol. The Morgan fingerprint density at radius 3 is 2.48 bits per heavy atom. The zero-order valence-electron chi connectivity index (χ0n) is 18.2. The second-order valence-electron chi connectivity index (χ2n) is 7.98. The van der Waals surface area contributed by atoms with Crippen LogP contribution < -0.4 is 9.47 Å². The summed E-state index contributed by atoms with van der Waals surface area (Å²) in [6.45, 7) is 0.531. The van der Waals surface area contributed by atoms with E-state index in [1.54, 1.807) is 32.4 Å². The van der Waals surface area contributed by atoms with Crippen LogP contribution in [0.2, 0.25) is 10.0 Å². The number of methoxy groups -OCH3 is 2. The fourth-order valence-corrected chi connectivity index (χ4v) is 5.20. The van der Waals surface area contributed by atoms with Gasteiger partial charge in [-0.15, -0.1) is 0 Å². The van der Waals surface area contributed by atoms with Gasteiger partial charge in [-0.3, -0.25) is 4.79 Å². The highest BCUT2D eigenvalue weighted by Crippen LogP contribution is 2.42. The molecule has 0 unspecified atom stereocenters. The number of fused-ring (bicyclic) bond motifs is 3. The van der Waals surface area contributed by atoms with E-state index in [0.29, 0.717) is 34.3 Å². The van der Waals surface area contributed by atoms with Crippen molar-refractivity contribution in [1.29, 1.82) is 0 Å². The van der Waals surface area contributed by atoms with E-state index in [-0.39, 0.29) is 11.9 Å². The van der Waals surface area contributed by atoms with Gasteiger partial charge in [-0.05, 0) is 54.4 Å². The maximum absolute atomic E-state index is 13.7. The number of benzene rings is 3. The molecule has 0 bridgehead atoms. The van der Waals surface area contributed by atoms with Gasteiger partial charge in [0.05, 0.1) is 14.2 Å². The molecule has 5 rings (SSSR count). The number of nitrogens with one attached hydrogen (secondary N) is 1. The predicted octanol–water partition coefficient (Wildman–Crippen LogP) is 6.28. The Kier molecular flexibility index (Phi) is 5.69. The molecular weight excluding hydrogens is 459 g/mol.